The number of hydrogen-bond acceptors (Lipinski definition) is 10. The van der Waals surface area contributed by atoms with Gasteiger partial charge in [0.25, 0.3) is 0 Å². The molecule has 0 aliphatic carbocycles. The molecule has 2 amide bonds. The van der Waals surface area contributed by atoms with E-state index in [1.54, 1.807) is 76.2 Å². The number of halogens is 1. The number of benzene rings is 2. The Balaban J connectivity index is 2.03. The van der Waals surface area contributed by atoms with Crippen molar-refractivity contribution in [1.29, 1.82) is 0 Å². The first kappa shape index (κ1) is 40.5. The van der Waals surface area contributed by atoms with Crippen LogP contribution < -0.4 is 4.90 Å². The molecule has 0 atom stereocenters. The molecule has 0 aliphatic rings. The van der Waals surface area contributed by atoms with Crippen molar-refractivity contribution in [3.05, 3.63) is 63.9 Å². The number of aromatic nitrogens is 3. The molecular formula is C39H51BrN4O8. The summed E-state index contributed by atoms with van der Waals surface area (Å²) < 4.78 is 31.5. The Bertz CT molecular complexity index is 1900. The van der Waals surface area contributed by atoms with Gasteiger partial charge in [-0.2, -0.15) is 4.90 Å². The summed E-state index contributed by atoms with van der Waals surface area (Å²) in [7, 11) is 0. The number of hydrogen-bond donors (Lipinski definition) is 0. The smallest absolute Gasteiger partial charge is 0.443 e. The third-order valence-electron chi connectivity index (χ3n) is 7.21. The van der Waals surface area contributed by atoms with Crippen molar-refractivity contribution in [1.82, 2.24) is 14.5 Å². The number of carbonyl (C=O) groups is 3. The van der Waals surface area contributed by atoms with Crippen LogP contribution in [0.25, 0.3) is 21.9 Å². The molecule has 0 saturated heterocycles. The summed E-state index contributed by atoms with van der Waals surface area (Å²) in [5.41, 5.74) is -0.473. The molecule has 13 heteroatoms. The van der Waals surface area contributed by atoms with E-state index in [1.807, 2.05) is 54.0 Å². The minimum absolute atomic E-state index is 0.0749. The minimum Gasteiger partial charge on any atom is -0.443 e. The van der Waals surface area contributed by atoms with Crippen LogP contribution in [-0.2, 0) is 43.3 Å². The molecule has 0 fully saturated rings. The molecule has 12 nitrogen and oxygen atoms in total. The molecule has 0 unspecified atom stereocenters. The van der Waals surface area contributed by atoms with Crippen molar-refractivity contribution in [3.8, 4) is 0 Å². The lowest BCUT2D eigenvalue weighted by molar-refractivity contribution is -0.0584. The summed E-state index contributed by atoms with van der Waals surface area (Å²) in [5, 5.41) is 0.690. The van der Waals surface area contributed by atoms with Gasteiger partial charge in [-0.1, -0.05) is 40.2 Å². The molecule has 52 heavy (non-hydrogen) atoms. The number of pyridine rings is 1. The molecule has 4 rings (SSSR count). The highest BCUT2D eigenvalue weighted by molar-refractivity contribution is 9.10. The molecule has 0 radical (unpaired) electrons. The Morgan fingerprint density at radius 2 is 1.31 bits per heavy atom. The maximum absolute atomic E-state index is 14.0. The zero-order valence-corrected chi connectivity index (χ0v) is 33.9. The molecule has 282 valence electrons. The first-order valence-corrected chi connectivity index (χ1v) is 18.1. The maximum atomic E-state index is 14.0. The van der Waals surface area contributed by atoms with Crippen LogP contribution in [0, 0.1) is 0 Å². The number of imide groups is 1. The highest BCUT2D eigenvalue weighted by Gasteiger charge is 2.37. The van der Waals surface area contributed by atoms with Gasteiger partial charge in [0.1, 0.15) is 40.4 Å². The molecule has 2 aromatic heterocycles. The SMILES string of the molecule is CCOCc1nc2c(N(C(=O)OC(C)(C)C)C(=O)OC(C)(C)C)nc3cc(Cc4ccc(Br)cc4)ccc3c2n1CC(C)(C)OC(=O)OC(C)(C)C. The summed E-state index contributed by atoms with van der Waals surface area (Å²) in [5.74, 6) is 0.384. The van der Waals surface area contributed by atoms with Crippen molar-refractivity contribution >= 4 is 62.0 Å². The van der Waals surface area contributed by atoms with Crippen LogP contribution in [0.15, 0.2) is 46.9 Å². The molecule has 0 saturated carbocycles. The predicted octanol–water partition coefficient (Wildman–Crippen LogP) is 9.88. The minimum atomic E-state index is -1.11. The van der Waals surface area contributed by atoms with Gasteiger partial charge < -0.3 is 28.3 Å². The lowest BCUT2D eigenvalue weighted by Gasteiger charge is -2.29. The molecular weight excluding hydrogens is 732 g/mol. The first-order chi connectivity index (χ1) is 23.9. The number of anilines is 1. The van der Waals surface area contributed by atoms with E-state index in [-0.39, 0.29) is 24.5 Å². The molecule has 0 spiro atoms. The van der Waals surface area contributed by atoms with E-state index in [2.05, 4.69) is 15.9 Å². The fourth-order valence-corrected chi connectivity index (χ4v) is 5.58. The maximum Gasteiger partial charge on any atom is 0.509 e. The predicted molar refractivity (Wildman–Crippen MR) is 204 cm³/mol. The van der Waals surface area contributed by atoms with Crippen LogP contribution >= 0.6 is 15.9 Å². The molecule has 4 aromatic rings. The van der Waals surface area contributed by atoms with Gasteiger partial charge in [-0.3, -0.25) is 0 Å². The van der Waals surface area contributed by atoms with Crippen molar-refractivity contribution in [3.63, 3.8) is 0 Å². The lowest BCUT2D eigenvalue weighted by atomic mass is 10.0. The van der Waals surface area contributed by atoms with Crippen molar-refractivity contribution in [2.45, 2.75) is 125 Å². The van der Waals surface area contributed by atoms with E-state index in [0.717, 1.165) is 20.5 Å². The van der Waals surface area contributed by atoms with Gasteiger partial charge in [0.05, 0.1) is 17.6 Å². The second-order valence-electron chi connectivity index (χ2n) is 16.2. The van der Waals surface area contributed by atoms with Gasteiger partial charge in [0, 0.05) is 16.5 Å². The van der Waals surface area contributed by atoms with E-state index in [1.165, 1.54) is 0 Å². The number of amides is 2. The summed E-state index contributed by atoms with van der Waals surface area (Å²) >= 11 is 3.50. The van der Waals surface area contributed by atoms with Gasteiger partial charge in [-0.25, -0.2) is 24.4 Å². The number of nitrogens with zero attached hydrogens (tertiary/aromatic N) is 4. The van der Waals surface area contributed by atoms with E-state index in [4.69, 9.17) is 33.7 Å². The average Bonchev–Trinajstić information content (AvgIpc) is 3.31. The van der Waals surface area contributed by atoms with Crippen LogP contribution in [0.2, 0.25) is 0 Å². The Morgan fingerprint density at radius 1 is 0.750 bits per heavy atom. The summed E-state index contributed by atoms with van der Waals surface area (Å²) in [6.07, 6.45) is -2.17. The molecule has 2 aromatic carbocycles. The molecule has 2 heterocycles. The van der Waals surface area contributed by atoms with E-state index in [9.17, 15) is 14.4 Å². The molecule has 0 aliphatic heterocycles. The Kier molecular flexibility index (Phi) is 12.0. The second kappa shape index (κ2) is 15.4. The van der Waals surface area contributed by atoms with Crippen LogP contribution in [-0.4, -0.2) is 61.9 Å². The molecule has 0 bridgehead atoms. The Morgan fingerprint density at radius 3 is 1.85 bits per heavy atom. The van der Waals surface area contributed by atoms with Crippen LogP contribution in [0.5, 0.6) is 0 Å². The van der Waals surface area contributed by atoms with Crippen LogP contribution in [0.1, 0.15) is 100 Å². The van der Waals surface area contributed by atoms with E-state index >= 15 is 0 Å². The van der Waals surface area contributed by atoms with E-state index in [0.29, 0.717) is 35.3 Å². The quantitative estimate of drug-likeness (QED) is 0.119. The summed E-state index contributed by atoms with van der Waals surface area (Å²) in [6.45, 7) is 21.5. The van der Waals surface area contributed by atoms with E-state index < -0.39 is 40.7 Å². The Labute approximate surface area is 314 Å². The Hall–Kier alpha value is -4.23. The highest BCUT2D eigenvalue weighted by atomic mass is 79.9. The highest BCUT2D eigenvalue weighted by Crippen LogP contribution is 2.36. The second-order valence-corrected chi connectivity index (χ2v) is 17.1. The number of fused-ring (bicyclic) bond motifs is 3. The third-order valence-corrected chi connectivity index (χ3v) is 7.74. The van der Waals surface area contributed by atoms with Crippen LogP contribution in [0.4, 0.5) is 20.2 Å². The topological polar surface area (TPSA) is 131 Å². The number of rotatable bonds is 9. The van der Waals surface area contributed by atoms with Gasteiger partial charge >= 0.3 is 18.3 Å². The van der Waals surface area contributed by atoms with Crippen molar-refractivity contribution in [2.24, 2.45) is 0 Å². The normalized spacial score (nSPS) is 12.6. The van der Waals surface area contributed by atoms with Crippen LogP contribution in [0.3, 0.4) is 0 Å². The average molecular weight is 784 g/mol. The van der Waals surface area contributed by atoms with Crippen molar-refractivity contribution in [2.75, 3.05) is 11.5 Å². The third kappa shape index (κ3) is 10.9. The summed E-state index contributed by atoms with van der Waals surface area (Å²) in [6, 6.07) is 13.9. The van der Waals surface area contributed by atoms with Crippen molar-refractivity contribution < 1.29 is 38.1 Å². The number of imidazole rings is 1. The van der Waals surface area contributed by atoms with Gasteiger partial charge in [0.15, 0.2) is 5.82 Å². The zero-order valence-electron chi connectivity index (χ0n) is 32.3. The van der Waals surface area contributed by atoms with Gasteiger partial charge in [0.2, 0.25) is 0 Å². The largest absolute Gasteiger partial charge is 0.509 e. The molecule has 0 N–H and O–H groups in total. The monoisotopic (exact) mass is 782 g/mol. The number of carbonyl (C=O) groups excluding carboxylic acids is 3. The lowest BCUT2D eigenvalue weighted by Crippen LogP contribution is -2.44. The van der Waals surface area contributed by atoms with Gasteiger partial charge in [-0.05, 0) is 119 Å². The first-order valence-electron chi connectivity index (χ1n) is 17.3. The zero-order chi connectivity index (χ0) is 38.8. The number of ether oxygens (including phenoxy) is 5. The standard InChI is InChI=1S/C39H51BrN4O8/c1-13-48-22-29-42-30-31(43(29)23-39(11,12)52-35(47)51-38(8,9)10)27-19-16-25(20-24-14-17-26(40)18-15-24)21-28(27)41-32(30)44(33(45)49-36(2,3)4)34(46)50-37(5,6)7/h14-19,21H,13,20,22-23H2,1-12H3. The van der Waals surface area contributed by atoms with Gasteiger partial charge in [-0.15, -0.1) is 0 Å². The fourth-order valence-electron chi connectivity index (χ4n) is 5.31. The summed E-state index contributed by atoms with van der Waals surface area (Å²) in [4.78, 5) is 51.4. The fraction of sp³-hybridized carbons (Fsp3) is 0.513.